The minimum absolute atomic E-state index is 0.192. The summed E-state index contributed by atoms with van der Waals surface area (Å²) in [5, 5.41) is 2.75. The lowest BCUT2D eigenvalue weighted by Gasteiger charge is -2.14. The number of nitrogens with two attached hydrogens (primary N) is 2. The number of para-hydroxylation sites is 1. The Morgan fingerprint density at radius 1 is 0.880 bits per heavy atom. The minimum atomic E-state index is -0.551. The van der Waals surface area contributed by atoms with Crippen molar-refractivity contribution in [2.75, 3.05) is 16.8 Å². The lowest BCUT2D eigenvalue weighted by Crippen LogP contribution is -2.14. The Labute approximate surface area is 146 Å². The number of hydrogen-bond donors (Lipinski definition) is 3. The first-order valence-electron chi connectivity index (χ1n) is 7.85. The number of amides is 1. The van der Waals surface area contributed by atoms with Crippen molar-refractivity contribution >= 4 is 23.2 Å². The molecule has 0 heterocycles. The minimum Gasteiger partial charge on any atom is -0.444 e. The molecule has 0 aliphatic rings. The summed E-state index contributed by atoms with van der Waals surface area (Å²) in [5.74, 6) is 0. The van der Waals surface area contributed by atoms with Gasteiger partial charge in [-0.15, -0.1) is 0 Å². The molecule has 0 saturated carbocycles. The normalized spacial score (nSPS) is 10.2. The van der Waals surface area contributed by atoms with Gasteiger partial charge in [0.15, 0.2) is 0 Å². The highest BCUT2D eigenvalue weighted by Gasteiger charge is 2.12. The maximum atomic E-state index is 12.2. The van der Waals surface area contributed by atoms with E-state index < -0.39 is 6.09 Å². The van der Waals surface area contributed by atoms with Gasteiger partial charge in [-0.3, -0.25) is 5.32 Å². The number of nitrogens with one attached hydrogen (secondary N) is 1. The predicted octanol–water partition coefficient (Wildman–Crippen LogP) is 4.27. The van der Waals surface area contributed by atoms with Crippen LogP contribution < -0.4 is 16.8 Å². The Morgan fingerprint density at radius 3 is 2.36 bits per heavy atom. The van der Waals surface area contributed by atoms with E-state index >= 15 is 0 Å². The number of rotatable bonds is 4. The first kappa shape index (κ1) is 16.4. The van der Waals surface area contributed by atoms with Crippen molar-refractivity contribution in [3.63, 3.8) is 0 Å². The SMILES string of the molecule is Nc1ccc(-c2ccccc2N)c(NC(=O)OCc2ccccc2)c1. The van der Waals surface area contributed by atoms with E-state index in [2.05, 4.69) is 5.32 Å². The van der Waals surface area contributed by atoms with Gasteiger partial charge in [-0.25, -0.2) is 4.79 Å². The largest absolute Gasteiger partial charge is 0.444 e. The summed E-state index contributed by atoms with van der Waals surface area (Å²) in [6.07, 6.45) is -0.551. The number of carbonyl (C=O) groups excluding carboxylic acids is 1. The molecule has 0 spiro atoms. The third-order valence-electron chi connectivity index (χ3n) is 3.74. The van der Waals surface area contributed by atoms with Crippen molar-refractivity contribution in [3.05, 3.63) is 78.4 Å². The van der Waals surface area contributed by atoms with E-state index in [-0.39, 0.29) is 6.61 Å². The van der Waals surface area contributed by atoms with Crippen LogP contribution in [0.5, 0.6) is 0 Å². The second kappa shape index (κ2) is 7.40. The van der Waals surface area contributed by atoms with Gasteiger partial charge in [-0.1, -0.05) is 54.6 Å². The molecule has 0 aromatic heterocycles. The molecule has 0 atom stereocenters. The molecule has 0 unspecified atom stereocenters. The maximum Gasteiger partial charge on any atom is 0.411 e. The molecule has 126 valence electrons. The van der Waals surface area contributed by atoms with Gasteiger partial charge in [0.05, 0.1) is 5.69 Å². The van der Waals surface area contributed by atoms with Crippen LogP contribution in [0.4, 0.5) is 21.9 Å². The van der Waals surface area contributed by atoms with E-state index in [1.807, 2.05) is 60.7 Å². The van der Waals surface area contributed by atoms with Crippen molar-refractivity contribution in [1.29, 1.82) is 0 Å². The van der Waals surface area contributed by atoms with Crippen LogP contribution in [-0.2, 0) is 11.3 Å². The van der Waals surface area contributed by atoms with E-state index in [1.165, 1.54) is 0 Å². The zero-order valence-corrected chi connectivity index (χ0v) is 13.6. The Bertz CT molecular complexity index is 879. The third-order valence-corrected chi connectivity index (χ3v) is 3.74. The van der Waals surface area contributed by atoms with Crippen molar-refractivity contribution in [1.82, 2.24) is 0 Å². The smallest absolute Gasteiger partial charge is 0.411 e. The standard InChI is InChI=1S/C20H19N3O2/c21-15-10-11-17(16-8-4-5-9-18(16)22)19(12-15)23-20(24)25-13-14-6-2-1-3-7-14/h1-12H,13,21-22H2,(H,23,24). The zero-order chi connectivity index (χ0) is 17.6. The Kier molecular flexibility index (Phi) is 4.85. The molecule has 0 radical (unpaired) electrons. The molecule has 5 nitrogen and oxygen atoms in total. The van der Waals surface area contributed by atoms with Gasteiger partial charge in [-0.2, -0.15) is 0 Å². The summed E-state index contributed by atoms with van der Waals surface area (Å²) in [4.78, 5) is 12.2. The Balaban J connectivity index is 1.79. The van der Waals surface area contributed by atoms with Gasteiger partial charge in [-0.05, 0) is 23.8 Å². The second-order valence-corrected chi connectivity index (χ2v) is 5.58. The molecule has 3 rings (SSSR count). The lowest BCUT2D eigenvalue weighted by molar-refractivity contribution is 0.155. The van der Waals surface area contributed by atoms with Crippen LogP contribution >= 0.6 is 0 Å². The average Bonchev–Trinajstić information content (AvgIpc) is 2.62. The number of anilines is 3. The molecule has 0 fully saturated rings. The summed E-state index contributed by atoms with van der Waals surface area (Å²) in [6.45, 7) is 0.192. The summed E-state index contributed by atoms with van der Waals surface area (Å²) in [7, 11) is 0. The van der Waals surface area contributed by atoms with Crippen LogP contribution in [0.25, 0.3) is 11.1 Å². The lowest BCUT2D eigenvalue weighted by atomic mass is 10.0. The van der Waals surface area contributed by atoms with Crippen molar-refractivity contribution in [2.45, 2.75) is 6.61 Å². The molecule has 5 N–H and O–H groups in total. The number of benzene rings is 3. The molecule has 5 heteroatoms. The Morgan fingerprint density at radius 2 is 1.60 bits per heavy atom. The van der Waals surface area contributed by atoms with Gasteiger partial charge in [0.2, 0.25) is 0 Å². The number of carbonyl (C=O) groups is 1. The quantitative estimate of drug-likeness (QED) is 0.622. The van der Waals surface area contributed by atoms with Crippen LogP contribution in [-0.4, -0.2) is 6.09 Å². The van der Waals surface area contributed by atoms with E-state index in [0.717, 1.165) is 16.7 Å². The fourth-order valence-corrected chi connectivity index (χ4v) is 2.51. The molecule has 0 aliphatic heterocycles. The number of ether oxygens (including phenoxy) is 1. The number of hydrogen-bond acceptors (Lipinski definition) is 4. The van der Waals surface area contributed by atoms with E-state index in [1.54, 1.807) is 12.1 Å². The highest BCUT2D eigenvalue weighted by Crippen LogP contribution is 2.33. The van der Waals surface area contributed by atoms with E-state index in [9.17, 15) is 4.79 Å². The van der Waals surface area contributed by atoms with Crippen LogP contribution in [0, 0.1) is 0 Å². The van der Waals surface area contributed by atoms with Gasteiger partial charge in [0.1, 0.15) is 6.61 Å². The van der Waals surface area contributed by atoms with E-state index in [4.69, 9.17) is 16.2 Å². The topological polar surface area (TPSA) is 90.4 Å². The van der Waals surface area contributed by atoms with Crippen LogP contribution in [0.15, 0.2) is 72.8 Å². The zero-order valence-electron chi connectivity index (χ0n) is 13.6. The fraction of sp³-hybridized carbons (Fsp3) is 0.0500. The van der Waals surface area contributed by atoms with E-state index in [0.29, 0.717) is 17.1 Å². The molecular formula is C20H19N3O2. The second-order valence-electron chi connectivity index (χ2n) is 5.58. The van der Waals surface area contributed by atoms with Gasteiger partial charge < -0.3 is 16.2 Å². The fourth-order valence-electron chi connectivity index (χ4n) is 2.51. The third kappa shape index (κ3) is 4.09. The molecule has 1 amide bonds. The molecular weight excluding hydrogens is 314 g/mol. The van der Waals surface area contributed by atoms with Gasteiger partial charge in [0, 0.05) is 22.5 Å². The molecule has 0 saturated heterocycles. The molecule has 0 aliphatic carbocycles. The van der Waals surface area contributed by atoms with Crippen LogP contribution in [0.1, 0.15) is 5.56 Å². The summed E-state index contributed by atoms with van der Waals surface area (Å²) in [6, 6.07) is 22.2. The van der Waals surface area contributed by atoms with Crippen LogP contribution in [0.2, 0.25) is 0 Å². The molecule has 25 heavy (non-hydrogen) atoms. The Hall–Kier alpha value is -3.47. The maximum absolute atomic E-state index is 12.2. The molecule has 3 aromatic rings. The summed E-state index contributed by atoms with van der Waals surface area (Å²) < 4.78 is 5.27. The highest BCUT2D eigenvalue weighted by atomic mass is 16.5. The van der Waals surface area contributed by atoms with Gasteiger partial charge in [0.25, 0.3) is 0 Å². The van der Waals surface area contributed by atoms with Crippen molar-refractivity contribution in [3.8, 4) is 11.1 Å². The first-order valence-corrected chi connectivity index (χ1v) is 7.85. The predicted molar refractivity (Wildman–Crippen MR) is 101 cm³/mol. The summed E-state index contributed by atoms with van der Waals surface area (Å²) >= 11 is 0. The van der Waals surface area contributed by atoms with Gasteiger partial charge >= 0.3 is 6.09 Å². The molecule has 3 aromatic carbocycles. The van der Waals surface area contributed by atoms with Crippen molar-refractivity contribution < 1.29 is 9.53 Å². The summed E-state index contributed by atoms with van der Waals surface area (Å²) in [5.41, 5.74) is 16.1. The average molecular weight is 333 g/mol. The highest BCUT2D eigenvalue weighted by molar-refractivity contribution is 5.94. The monoisotopic (exact) mass is 333 g/mol. The first-order chi connectivity index (χ1) is 12.1. The molecule has 0 bridgehead atoms. The van der Waals surface area contributed by atoms with Crippen molar-refractivity contribution in [2.24, 2.45) is 0 Å². The number of nitrogen functional groups attached to an aromatic ring is 2. The van der Waals surface area contributed by atoms with Crippen LogP contribution in [0.3, 0.4) is 0 Å².